The van der Waals surface area contributed by atoms with Crippen LogP contribution < -0.4 is 5.32 Å². The number of aliphatic imine (C=N–C) groups is 1. The first-order valence-corrected chi connectivity index (χ1v) is 8.78. The van der Waals surface area contributed by atoms with E-state index in [2.05, 4.69) is 77.2 Å². The fourth-order valence-electron chi connectivity index (χ4n) is 2.93. The summed E-state index contributed by atoms with van der Waals surface area (Å²) >= 11 is 0. The van der Waals surface area contributed by atoms with Crippen LogP contribution in [0.3, 0.4) is 0 Å². The lowest BCUT2D eigenvalue weighted by atomic mass is 9.82. The fraction of sp³-hybridized carbons (Fsp3) is 0.571. The van der Waals surface area contributed by atoms with Gasteiger partial charge in [-0.15, -0.1) is 0 Å². The van der Waals surface area contributed by atoms with Crippen LogP contribution in [0.1, 0.15) is 67.2 Å². The summed E-state index contributed by atoms with van der Waals surface area (Å²) in [5, 5.41) is 3.52. The highest BCUT2D eigenvalue weighted by Gasteiger charge is 2.23. The van der Waals surface area contributed by atoms with E-state index in [1.165, 1.54) is 18.5 Å². The van der Waals surface area contributed by atoms with E-state index in [9.17, 15) is 0 Å². The molecule has 0 heterocycles. The molecule has 0 saturated carbocycles. The lowest BCUT2D eigenvalue weighted by molar-refractivity contribution is 0.289. The molecule has 128 valence electrons. The average Bonchev–Trinajstić information content (AvgIpc) is 2.43. The quantitative estimate of drug-likeness (QED) is 0.547. The number of rotatable bonds is 8. The third kappa shape index (κ3) is 9.22. The predicted molar refractivity (Wildman–Crippen MR) is 104 cm³/mol. The Hall–Kier alpha value is -1.57. The zero-order valence-corrected chi connectivity index (χ0v) is 15.8. The molecule has 1 N–H and O–H groups in total. The van der Waals surface area contributed by atoms with Crippen molar-refractivity contribution in [3.05, 3.63) is 42.1 Å². The minimum absolute atomic E-state index is 0.0304. The minimum Gasteiger partial charge on any atom is -0.359 e. The summed E-state index contributed by atoms with van der Waals surface area (Å²) in [6.45, 7) is 13.4. The second-order valence-corrected chi connectivity index (χ2v) is 8.11. The smallest absolute Gasteiger partial charge is 0.0557 e. The van der Waals surface area contributed by atoms with Gasteiger partial charge in [0.15, 0.2) is 0 Å². The number of nitrogens with zero attached hydrogens (tertiary/aromatic N) is 1. The van der Waals surface area contributed by atoms with Crippen LogP contribution >= 0.6 is 0 Å². The van der Waals surface area contributed by atoms with Gasteiger partial charge in [0.05, 0.1) is 5.54 Å². The van der Waals surface area contributed by atoms with Gasteiger partial charge in [-0.3, -0.25) is 4.99 Å². The van der Waals surface area contributed by atoms with Gasteiger partial charge in [-0.2, -0.15) is 0 Å². The van der Waals surface area contributed by atoms with E-state index in [0.717, 1.165) is 18.5 Å². The minimum atomic E-state index is -0.0304. The highest BCUT2D eigenvalue weighted by molar-refractivity contribution is 5.73. The molecule has 23 heavy (non-hydrogen) atoms. The van der Waals surface area contributed by atoms with Gasteiger partial charge in [-0.05, 0) is 56.7 Å². The molecule has 0 fully saturated rings. The normalized spacial score (nSPS) is 13.6. The van der Waals surface area contributed by atoms with Gasteiger partial charge in [0.1, 0.15) is 0 Å². The Bertz CT molecular complexity index is 504. The molecular weight excluding hydrogens is 280 g/mol. The topological polar surface area (TPSA) is 24.4 Å². The van der Waals surface area contributed by atoms with Crippen LogP contribution in [0.4, 0.5) is 5.69 Å². The van der Waals surface area contributed by atoms with E-state index < -0.39 is 0 Å². The molecule has 0 amide bonds. The molecule has 0 radical (unpaired) electrons. The Balaban J connectivity index is 2.77. The first kappa shape index (κ1) is 19.5. The van der Waals surface area contributed by atoms with Crippen LogP contribution in [0, 0.1) is 5.41 Å². The summed E-state index contributed by atoms with van der Waals surface area (Å²) in [4.78, 5) is 4.79. The molecule has 0 aliphatic heterocycles. The molecule has 0 saturated heterocycles. The predicted octanol–water partition coefficient (Wildman–Crippen LogP) is 6.46. The number of nitrogens with one attached hydrogen (secondary N) is 1. The fourth-order valence-corrected chi connectivity index (χ4v) is 2.93. The van der Waals surface area contributed by atoms with Crippen molar-refractivity contribution in [1.82, 2.24) is 0 Å². The SMILES string of the molecule is CCCC/C(=C/C=NC(C)(C)CC(C)(C)C)Nc1ccccc1. The van der Waals surface area contributed by atoms with Crippen LogP contribution in [0.25, 0.3) is 0 Å². The Kier molecular flexibility index (Phi) is 7.54. The molecule has 0 unspecified atom stereocenters. The molecule has 0 atom stereocenters. The third-order valence-corrected chi connectivity index (χ3v) is 3.54. The van der Waals surface area contributed by atoms with E-state index in [1.54, 1.807) is 0 Å². The molecule has 1 rings (SSSR count). The average molecular weight is 315 g/mol. The second kappa shape index (κ2) is 8.90. The second-order valence-electron chi connectivity index (χ2n) is 8.11. The number of allylic oxidation sites excluding steroid dienone is 2. The van der Waals surface area contributed by atoms with Gasteiger partial charge < -0.3 is 5.32 Å². The van der Waals surface area contributed by atoms with Crippen molar-refractivity contribution in [3.8, 4) is 0 Å². The van der Waals surface area contributed by atoms with E-state index in [4.69, 9.17) is 4.99 Å². The molecular formula is C21H34N2. The van der Waals surface area contributed by atoms with Crippen LogP contribution in [0.5, 0.6) is 0 Å². The molecule has 0 aliphatic rings. The van der Waals surface area contributed by atoms with Crippen molar-refractivity contribution >= 4 is 11.9 Å². The van der Waals surface area contributed by atoms with Gasteiger partial charge in [-0.25, -0.2) is 0 Å². The summed E-state index contributed by atoms with van der Waals surface area (Å²) in [6, 6.07) is 10.3. The molecule has 1 aromatic rings. The number of benzene rings is 1. The number of anilines is 1. The molecule has 1 aromatic carbocycles. The summed E-state index contributed by atoms with van der Waals surface area (Å²) in [6.07, 6.45) is 8.61. The molecule has 0 aliphatic carbocycles. The maximum Gasteiger partial charge on any atom is 0.0557 e. The van der Waals surface area contributed by atoms with Crippen molar-refractivity contribution < 1.29 is 0 Å². The monoisotopic (exact) mass is 314 g/mol. The summed E-state index contributed by atoms with van der Waals surface area (Å²) in [7, 11) is 0. The van der Waals surface area contributed by atoms with E-state index in [-0.39, 0.29) is 11.0 Å². The Morgan fingerprint density at radius 1 is 1.09 bits per heavy atom. The highest BCUT2D eigenvalue weighted by atomic mass is 14.9. The van der Waals surface area contributed by atoms with E-state index in [1.807, 2.05) is 12.3 Å². The van der Waals surface area contributed by atoms with Crippen LogP contribution in [0.15, 0.2) is 47.1 Å². The number of hydrogen-bond acceptors (Lipinski definition) is 2. The number of hydrogen-bond donors (Lipinski definition) is 1. The third-order valence-electron chi connectivity index (χ3n) is 3.54. The van der Waals surface area contributed by atoms with E-state index >= 15 is 0 Å². The molecule has 0 spiro atoms. The van der Waals surface area contributed by atoms with Crippen molar-refractivity contribution in [3.63, 3.8) is 0 Å². The molecule has 2 heteroatoms. The number of unbranched alkanes of at least 4 members (excludes halogenated alkanes) is 1. The van der Waals surface area contributed by atoms with Crippen LogP contribution in [-0.4, -0.2) is 11.8 Å². The largest absolute Gasteiger partial charge is 0.359 e. The first-order chi connectivity index (χ1) is 10.7. The first-order valence-electron chi connectivity index (χ1n) is 8.78. The highest BCUT2D eigenvalue weighted by Crippen LogP contribution is 2.29. The summed E-state index contributed by atoms with van der Waals surface area (Å²) in [5.41, 5.74) is 2.63. The standard InChI is InChI=1S/C21H34N2/c1-7-8-12-19(23-18-13-10-9-11-14-18)15-16-22-21(5,6)17-20(2,3)4/h9-11,13-16,23H,7-8,12,17H2,1-6H3/b19-15-,22-16?. The Morgan fingerprint density at radius 2 is 1.74 bits per heavy atom. The van der Waals surface area contributed by atoms with Crippen molar-refractivity contribution in [2.24, 2.45) is 10.4 Å². The maximum absolute atomic E-state index is 4.79. The van der Waals surface area contributed by atoms with Gasteiger partial charge in [0.25, 0.3) is 0 Å². The zero-order valence-electron chi connectivity index (χ0n) is 15.8. The lowest BCUT2D eigenvalue weighted by Crippen LogP contribution is -2.24. The zero-order chi connectivity index (χ0) is 17.3. The van der Waals surface area contributed by atoms with Crippen LogP contribution in [-0.2, 0) is 0 Å². The van der Waals surface area contributed by atoms with E-state index in [0.29, 0.717) is 0 Å². The van der Waals surface area contributed by atoms with Gasteiger partial charge in [0.2, 0.25) is 0 Å². The van der Waals surface area contributed by atoms with Crippen molar-refractivity contribution in [2.45, 2.75) is 72.8 Å². The van der Waals surface area contributed by atoms with Gasteiger partial charge >= 0.3 is 0 Å². The Morgan fingerprint density at radius 3 is 2.30 bits per heavy atom. The Labute approximate surface area is 143 Å². The number of para-hydroxylation sites is 1. The molecule has 0 bridgehead atoms. The maximum atomic E-state index is 4.79. The summed E-state index contributed by atoms with van der Waals surface area (Å²) < 4.78 is 0. The molecule has 0 aromatic heterocycles. The molecule has 2 nitrogen and oxygen atoms in total. The van der Waals surface area contributed by atoms with Gasteiger partial charge in [-0.1, -0.05) is 52.3 Å². The van der Waals surface area contributed by atoms with Crippen molar-refractivity contribution in [1.29, 1.82) is 0 Å². The van der Waals surface area contributed by atoms with Gasteiger partial charge in [0, 0.05) is 17.6 Å². The van der Waals surface area contributed by atoms with Crippen LogP contribution in [0.2, 0.25) is 0 Å². The lowest BCUT2D eigenvalue weighted by Gasteiger charge is -2.28. The van der Waals surface area contributed by atoms with Crippen molar-refractivity contribution in [2.75, 3.05) is 5.32 Å². The summed E-state index contributed by atoms with van der Waals surface area (Å²) in [5.74, 6) is 0.